The van der Waals surface area contributed by atoms with Crippen molar-refractivity contribution in [1.82, 2.24) is 4.90 Å². The molecule has 0 aliphatic carbocycles. The van der Waals surface area contributed by atoms with Crippen LogP contribution < -0.4 is 10.6 Å². The summed E-state index contributed by atoms with van der Waals surface area (Å²) in [6.45, 7) is 1.47. The average Bonchev–Trinajstić information content (AvgIpc) is 3.35. The van der Waals surface area contributed by atoms with E-state index in [0.29, 0.717) is 18.5 Å². The summed E-state index contributed by atoms with van der Waals surface area (Å²) >= 11 is 0. The number of carbonyl (C=O) groups excluding carboxylic acids is 2. The maximum atomic E-state index is 12.9. The van der Waals surface area contributed by atoms with Gasteiger partial charge in [-0.2, -0.15) is 0 Å². The zero-order valence-electron chi connectivity index (χ0n) is 17.1. The SMILES string of the molecule is O=C1Nc2ccccc2/C1=C(/Nc1ccc(CN2CCCC2=O)cc1)c1ccccc1. The normalized spacial score (nSPS) is 16.8. The van der Waals surface area contributed by atoms with Crippen LogP contribution in [0.5, 0.6) is 0 Å². The molecular weight excluding hydrogens is 386 g/mol. The summed E-state index contributed by atoms with van der Waals surface area (Å²) in [7, 11) is 0. The molecule has 0 bridgehead atoms. The van der Waals surface area contributed by atoms with Crippen LogP contribution in [0.2, 0.25) is 0 Å². The summed E-state index contributed by atoms with van der Waals surface area (Å²) in [6.07, 6.45) is 1.59. The van der Waals surface area contributed by atoms with Gasteiger partial charge in [-0.3, -0.25) is 9.59 Å². The summed E-state index contributed by atoms with van der Waals surface area (Å²) < 4.78 is 0. The van der Waals surface area contributed by atoms with Crippen molar-refractivity contribution in [3.05, 3.63) is 95.6 Å². The number of anilines is 2. The lowest BCUT2D eigenvalue weighted by Gasteiger charge is -2.17. The second-order valence-electron chi connectivity index (χ2n) is 7.86. The van der Waals surface area contributed by atoms with E-state index in [1.54, 1.807) is 0 Å². The van der Waals surface area contributed by atoms with E-state index < -0.39 is 0 Å². The minimum absolute atomic E-state index is 0.114. The van der Waals surface area contributed by atoms with E-state index in [9.17, 15) is 9.59 Å². The van der Waals surface area contributed by atoms with Crippen molar-refractivity contribution in [3.8, 4) is 0 Å². The van der Waals surface area contributed by atoms with E-state index in [1.807, 2.05) is 83.8 Å². The Bertz CT molecular complexity index is 1170. The highest BCUT2D eigenvalue weighted by atomic mass is 16.2. The van der Waals surface area contributed by atoms with Crippen molar-refractivity contribution in [2.75, 3.05) is 17.2 Å². The van der Waals surface area contributed by atoms with Gasteiger partial charge in [0.05, 0.1) is 11.3 Å². The molecule has 2 N–H and O–H groups in total. The fourth-order valence-corrected chi connectivity index (χ4v) is 4.18. The van der Waals surface area contributed by atoms with E-state index >= 15 is 0 Å². The minimum atomic E-state index is -0.114. The molecule has 31 heavy (non-hydrogen) atoms. The number of rotatable bonds is 5. The topological polar surface area (TPSA) is 61.4 Å². The van der Waals surface area contributed by atoms with Gasteiger partial charge in [-0.15, -0.1) is 0 Å². The van der Waals surface area contributed by atoms with Crippen molar-refractivity contribution >= 4 is 34.5 Å². The number of likely N-dealkylation sites (tertiary alicyclic amines) is 1. The molecule has 5 nitrogen and oxygen atoms in total. The molecule has 0 aromatic heterocycles. The Balaban J connectivity index is 1.48. The van der Waals surface area contributed by atoms with Crippen molar-refractivity contribution in [3.63, 3.8) is 0 Å². The van der Waals surface area contributed by atoms with Crippen LogP contribution in [-0.4, -0.2) is 23.3 Å². The minimum Gasteiger partial charge on any atom is -0.354 e. The fraction of sp³-hybridized carbons (Fsp3) is 0.154. The molecule has 0 unspecified atom stereocenters. The number of carbonyl (C=O) groups is 2. The van der Waals surface area contributed by atoms with Gasteiger partial charge < -0.3 is 15.5 Å². The van der Waals surface area contributed by atoms with Gasteiger partial charge in [0.2, 0.25) is 5.91 Å². The predicted octanol–water partition coefficient (Wildman–Crippen LogP) is 4.74. The van der Waals surface area contributed by atoms with Crippen molar-refractivity contribution in [2.45, 2.75) is 19.4 Å². The highest BCUT2D eigenvalue weighted by Gasteiger charge is 2.28. The molecular formula is C26H23N3O2. The second-order valence-corrected chi connectivity index (χ2v) is 7.86. The monoisotopic (exact) mass is 409 g/mol. The molecule has 1 fully saturated rings. The number of benzene rings is 3. The smallest absolute Gasteiger partial charge is 0.258 e. The molecule has 2 heterocycles. The Morgan fingerprint density at radius 1 is 0.903 bits per heavy atom. The number of hydrogen-bond donors (Lipinski definition) is 2. The van der Waals surface area contributed by atoms with Crippen LogP contribution in [0.25, 0.3) is 11.3 Å². The first-order valence-corrected chi connectivity index (χ1v) is 10.5. The molecule has 2 aliphatic heterocycles. The van der Waals surface area contributed by atoms with Gasteiger partial charge in [-0.05, 0) is 35.7 Å². The third-order valence-electron chi connectivity index (χ3n) is 5.75. The number of fused-ring (bicyclic) bond motifs is 1. The molecule has 0 atom stereocenters. The van der Waals surface area contributed by atoms with Gasteiger partial charge in [0, 0.05) is 36.4 Å². The molecule has 1 saturated heterocycles. The number of amides is 2. The van der Waals surface area contributed by atoms with Crippen LogP contribution >= 0.6 is 0 Å². The van der Waals surface area contributed by atoms with Crippen molar-refractivity contribution in [1.29, 1.82) is 0 Å². The molecule has 3 aromatic carbocycles. The molecule has 154 valence electrons. The Morgan fingerprint density at radius 2 is 1.65 bits per heavy atom. The van der Waals surface area contributed by atoms with E-state index in [-0.39, 0.29) is 11.8 Å². The number of hydrogen-bond acceptors (Lipinski definition) is 3. The van der Waals surface area contributed by atoms with Crippen LogP contribution in [0.15, 0.2) is 78.9 Å². The molecule has 0 radical (unpaired) electrons. The lowest BCUT2D eigenvalue weighted by molar-refractivity contribution is -0.128. The highest BCUT2D eigenvalue weighted by molar-refractivity contribution is 6.37. The third-order valence-corrected chi connectivity index (χ3v) is 5.75. The first-order valence-electron chi connectivity index (χ1n) is 10.5. The van der Waals surface area contributed by atoms with Crippen LogP contribution in [0.4, 0.5) is 11.4 Å². The average molecular weight is 409 g/mol. The van der Waals surface area contributed by atoms with Crippen LogP contribution in [-0.2, 0) is 16.1 Å². The Kier molecular flexibility index (Phi) is 5.00. The van der Waals surface area contributed by atoms with E-state index in [4.69, 9.17) is 0 Å². The molecule has 0 saturated carbocycles. The first kappa shape index (κ1) is 19.1. The lowest BCUT2D eigenvalue weighted by Crippen LogP contribution is -2.23. The second kappa shape index (κ2) is 8.11. The van der Waals surface area contributed by atoms with Gasteiger partial charge >= 0.3 is 0 Å². The summed E-state index contributed by atoms with van der Waals surface area (Å²) in [5.41, 5.74) is 6.04. The zero-order valence-corrected chi connectivity index (χ0v) is 17.1. The molecule has 0 spiro atoms. The number of para-hydroxylation sites is 1. The quantitative estimate of drug-likeness (QED) is 0.598. The molecule has 3 aromatic rings. The van der Waals surface area contributed by atoms with E-state index in [0.717, 1.165) is 46.7 Å². The fourth-order valence-electron chi connectivity index (χ4n) is 4.18. The van der Waals surface area contributed by atoms with E-state index in [1.165, 1.54) is 0 Å². The summed E-state index contributed by atoms with van der Waals surface area (Å²) in [4.78, 5) is 26.7. The maximum Gasteiger partial charge on any atom is 0.258 e. The van der Waals surface area contributed by atoms with Crippen LogP contribution in [0.1, 0.15) is 29.5 Å². The first-order chi connectivity index (χ1) is 15.2. The van der Waals surface area contributed by atoms with Gasteiger partial charge in [-0.1, -0.05) is 60.7 Å². The Labute approximate surface area is 181 Å². The number of nitrogens with one attached hydrogen (secondary N) is 2. The van der Waals surface area contributed by atoms with Gasteiger partial charge in [0.1, 0.15) is 0 Å². The molecule has 5 heteroatoms. The van der Waals surface area contributed by atoms with Crippen molar-refractivity contribution < 1.29 is 9.59 Å². The standard InChI is InChI=1S/C26H23N3O2/c30-23-11-6-16-29(23)17-18-12-14-20(15-13-18)27-25(19-7-2-1-3-8-19)24-21-9-4-5-10-22(21)28-26(24)31/h1-5,7-10,12-15,27H,6,11,16-17H2,(H,28,31)/b25-24-. The highest BCUT2D eigenvalue weighted by Crippen LogP contribution is 2.37. The molecule has 5 rings (SSSR count). The Hall–Kier alpha value is -3.86. The summed E-state index contributed by atoms with van der Waals surface area (Å²) in [6, 6.07) is 25.7. The van der Waals surface area contributed by atoms with Gasteiger partial charge in [0.25, 0.3) is 5.91 Å². The van der Waals surface area contributed by atoms with Gasteiger partial charge in [0.15, 0.2) is 0 Å². The van der Waals surface area contributed by atoms with Crippen LogP contribution in [0, 0.1) is 0 Å². The molecule has 2 amide bonds. The van der Waals surface area contributed by atoms with E-state index in [2.05, 4.69) is 10.6 Å². The predicted molar refractivity (Wildman–Crippen MR) is 123 cm³/mol. The van der Waals surface area contributed by atoms with Crippen molar-refractivity contribution in [2.24, 2.45) is 0 Å². The third kappa shape index (κ3) is 3.82. The number of nitrogens with zero attached hydrogens (tertiary/aromatic N) is 1. The summed E-state index contributed by atoms with van der Waals surface area (Å²) in [5, 5.41) is 6.44. The Morgan fingerprint density at radius 3 is 2.39 bits per heavy atom. The maximum absolute atomic E-state index is 12.9. The molecule has 2 aliphatic rings. The van der Waals surface area contributed by atoms with Crippen LogP contribution in [0.3, 0.4) is 0 Å². The zero-order chi connectivity index (χ0) is 21.2. The largest absolute Gasteiger partial charge is 0.354 e. The van der Waals surface area contributed by atoms with Gasteiger partial charge in [-0.25, -0.2) is 0 Å². The summed E-state index contributed by atoms with van der Waals surface area (Å²) in [5.74, 6) is 0.112. The lowest BCUT2D eigenvalue weighted by atomic mass is 10.00.